The molecule has 0 aliphatic carbocycles. The zero-order valence-electron chi connectivity index (χ0n) is 13.9. The number of nitrogens with zero attached hydrogens (tertiary/aromatic N) is 1. The summed E-state index contributed by atoms with van der Waals surface area (Å²) < 4.78 is 5.34. The summed E-state index contributed by atoms with van der Waals surface area (Å²) >= 11 is 0. The lowest BCUT2D eigenvalue weighted by molar-refractivity contribution is -0.130. The number of likely N-dealkylation sites (tertiary alicyclic amines) is 1. The lowest BCUT2D eigenvalue weighted by Crippen LogP contribution is -2.46. The van der Waals surface area contributed by atoms with Crippen molar-refractivity contribution in [1.82, 2.24) is 4.90 Å². The van der Waals surface area contributed by atoms with E-state index in [1.165, 1.54) is 0 Å². The SMILES string of the molecule is NCC1(C(=O)Nc2ccc(C(=O)N3CCCC3)cc2)CCOCC1. The van der Waals surface area contributed by atoms with E-state index in [0.717, 1.165) is 25.9 Å². The zero-order chi connectivity index (χ0) is 17.0. The predicted octanol–water partition coefficient (Wildman–Crippen LogP) is 1.62. The van der Waals surface area contributed by atoms with Gasteiger partial charge in [-0.3, -0.25) is 9.59 Å². The number of hydrogen-bond donors (Lipinski definition) is 2. The molecule has 0 unspecified atom stereocenters. The summed E-state index contributed by atoms with van der Waals surface area (Å²) in [6.07, 6.45) is 3.43. The van der Waals surface area contributed by atoms with E-state index < -0.39 is 5.41 Å². The molecule has 6 heteroatoms. The Labute approximate surface area is 142 Å². The zero-order valence-corrected chi connectivity index (χ0v) is 13.9. The molecule has 0 aromatic heterocycles. The predicted molar refractivity (Wildman–Crippen MR) is 91.7 cm³/mol. The van der Waals surface area contributed by atoms with Crippen molar-refractivity contribution >= 4 is 17.5 Å². The van der Waals surface area contributed by atoms with Crippen LogP contribution in [0.2, 0.25) is 0 Å². The summed E-state index contributed by atoms with van der Waals surface area (Å²) in [4.78, 5) is 26.8. The van der Waals surface area contributed by atoms with Gasteiger partial charge >= 0.3 is 0 Å². The highest BCUT2D eigenvalue weighted by Crippen LogP contribution is 2.31. The van der Waals surface area contributed by atoms with Crippen molar-refractivity contribution in [3.8, 4) is 0 Å². The maximum absolute atomic E-state index is 12.6. The second-order valence-corrected chi connectivity index (χ2v) is 6.63. The number of amides is 2. The Balaban J connectivity index is 1.65. The minimum Gasteiger partial charge on any atom is -0.381 e. The van der Waals surface area contributed by atoms with Crippen LogP contribution in [0.15, 0.2) is 24.3 Å². The molecule has 130 valence electrons. The number of ether oxygens (including phenoxy) is 1. The van der Waals surface area contributed by atoms with Gasteiger partial charge in [0.25, 0.3) is 5.91 Å². The van der Waals surface area contributed by atoms with Gasteiger partial charge in [0.05, 0.1) is 5.41 Å². The van der Waals surface area contributed by atoms with E-state index in [1.807, 2.05) is 4.90 Å². The van der Waals surface area contributed by atoms with Gasteiger partial charge in [-0.15, -0.1) is 0 Å². The first-order valence-corrected chi connectivity index (χ1v) is 8.63. The highest BCUT2D eigenvalue weighted by molar-refractivity contribution is 5.97. The van der Waals surface area contributed by atoms with Crippen molar-refractivity contribution in [1.29, 1.82) is 0 Å². The first-order valence-electron chi connectivity index (χ1n) is 8.63. The van der Waals surface area contributed by atoms with Crippen LogP contribution in [0.3, 0.4) is 0 Å². The van der Waals surface area contributed by atoms with Crippen LogP contribution in [0.4, 0.5) is 5.69 Å². The molecule has 2 aliphatic rings. The van der Waals surface area contributed by atoms with Gasteiger partial charge < -0.3 is 20.7 Å². The molecule has 3 rings (SSSR count). The van der Waals surface area contributed by atoms with E-state index >= 15 is 0 Å². The summed E-state index contributed by atoms with van der Waals surface area (Å²) in [6, 6.07) is 7.11. The molecule has 3 N–H and O–H groups in total. The quantitative estimate of drug-likeness (QED) is 0.878. The maximum Gasteiger partial charge on any atom is 0.253 e. The molecule has 2 saturated heterocycles. The van der Waals surface area contributed by atoms with Gasteiger partial charge in [-0.2, -0.15) is 0 Å². The largest absolute Gasteiger partial charge is 0.381 e. The van der Waals surface area contributed by atoms with E-state index in [0.29, 0.717) is 43.9 Å². The van der Waals surface area contributed by atoms with E-state index in [-0.39, 0.29) is 11.8 Å². The Morgan fingerprint density at radius 1 is 1.12 bits per heavy atom. The van der Waals surface area contributed by atoms with Gasteiger partial charge in [0, 0.05) is 44.1 Å². The Morgan fingerprint density at radius 3 is 2.33 bits per heavy atom. The molecule has 0 spiro atoms. The number of carbonyl (C=O) groups excluding carboxylic acids is 2. The maximum atomic E-state index is 12.6. The molecule has 2 aliphatic heterocycles. The van der Waals surface area contributed by atoms with Crippen molar-refractivity contribution in [2.45, 2.75) is 25.7 Å². The molecule has 0 saturated carbocycles. The van der Waals surface area contributed by atoms with Crippen LogP contribution in [0.1, 0.15) is 36.0 Å². The second kappa shape index (κ2) is 7.32. The average Bonchev–Trinajstić information content (AvgIpc) is 3.17. The number of benzene rings is 1. The fourth-order valence-corrected chi connectivity index (χ4v) is 3.35. The van der Waals surface area contributed by atoms with E-state index in [1.54, 1.807) is 24.3 Å². The van der Waals surface area contributed by atoms with Crippen molar-refractivity contribution in [2.75, 3.05) is 38.2 Å². The van der Waals surface area contributed by atoms with Gasteiger partial charge in [-0.1, -0.05) is 0 Å². The number of hydrogen-bond acceptors (Lipinski definition) is 4. The Morgan fingerprint density at radius 2 is 1.75 bits per heavy atom. The minimum atomic E-state index is -0.553. The van der Waals surface area contributed by atoms with Crippen LogP contribution in [0.5, 0.6) is 0 Å². The normalized spacial score (nSPS) is 20.0. The molecule has 1 aromatic rings. The third-order valence-electron chi connectivity index (χ3n) is 5.11. The molecule has 24 heavy (non-hydrogen) atoms. The summed E-state index contributed by atoms with van der Waals surface area (Å²) in [6.45, 7) is 3.10. The summed E-state index contributed by atoms with van der Waals surface area (Å²) in [5.41, 5.74) is 6.66. The molecule has 0 radical (unpaired) electrons. The lowest BCUT2D eigenvalue weighted by atomic mass is 9.79. The van der Waals surface area contributed by atoms with E-state index in [2.05, 4.69) is 5.32 Å². The lowest BCUT2D eigenvalue weighted by Gasteiger charge is -2.34. The highest BCUT2D eigenvalue weighted by Gasteiger charge is 2.38. The van der Waals surface area contributed by atoms with Crippen LogP contribution in [-0.4, -0.2) is 49.6 Å². The molecule has 0 bridgehead atoms. The molecule has 2 heterocycles. The fourth-order valence-electron chi connectivity index (χ4n) is 3.35. The highest BCUT2D eigenvalue weighted by atomic mass is 16.5. The van der Waals surface area contributed by atoms with E-state index in [9.17, 15) is 9.59 Å². The third kappa shape index (κ3) is 3.44. The summed E-state index contributed by atoms with van der Waals surface area (Å²) in [5.74, 6) is 0.000142. The van der Waals surface area contributed by atoms with Crippen LogP contribution in [-0.2, 0) is 9.53 Å². The standard InChI is InChI=1S/C18H25N3O3/c19-13-18(7-11-24-12-8-18)17(23)20-15-5-3-14(4-6-15)16(22)21-9-1-2-10-21/h3-6H,1-2,7-13,19H2,(H,20,23). The van der Waals surface area contributed by atoms with Gasteiger partial charge in [0.2, 0.25) is 5.91 Å². The number of nitrogens with one attached hydrogen (secondary N) is 1. The van der Waals surface area contributed by atoms with Crippen molar-refractivity contribution in [3.63, 3.8) is 0 Å². The smallest absolute Gasteiger partial charge is 0.253 e. The average molecular weight is 331 g/mol. The fraction of sp³-hybridized carbons (Fsp3) is 0.556. The molecule has 6 nitrogen and oxygen atoms in total. The van der Waals surface area contributed by atoms with Crippen molar-refractivity contribution < 1.29 is 14.3 Å². The first kappa shape index (κ1) is 16.9. The molecular formula is C18H25N3O3. The van der Waals surface area contributed by atoms with Gasteiger partial charge in [-0.25, -0.2) is 0 Å². The van der Waals surface area contributed by atoms with Crippen LogP contribution in [0, 0.1) is 5.41 Å². The van der Waals surface area contributed by atoms with Crippen LogP contribution >= 0.6 is 0 Å². The van der Waals surface area contributed by atoms with Crippen molar-refractivity contribution in [3.05, 3.63) is 29.8 Å². The molecule has 2 amide bonds. The second-order valence-electron chi connectivity index (χ2n) is 6.63. The first-order chi connectivity index (χ1) is 11.6. The topological polar surface area (TPSA) is 84.7 Å². The van der Waals surface area contributed by atoms with Gasteiger partial charge in [0.15, 0.2) is 0 Å². The Hall–Kier alpha value is -1.92. The molecule has 1 aromatic carbocycles. The summed E-state index contributed by atoms with van der Waals surface area (Å²) in [5, 5.41) is 2.94. The van der Waals surface area contributed by atoms with Crippen LogP contribution in [0.25, 0.3) is 0 Å². The molecular weight excluding hydrogens is 306 g/mol. The number of rotatable bonds is 4. The van der Waals surface area contributed by atoms with Crippen molar-refractivity contribution in [2.24, 2.45) is 11.1 Å². The Bertz CT molecular complexity index is 588. The summed E-state index contributed by atoms with van der Waals surface area (Å²) in [7, 11) is 0. The Kier molecular flexibility index (Phi) is 5.16. The van der Waals surface area contributed by atoms with Gasteiger partial charge in [-0.05, 0) is 49.9 Å². The number of nitrogens with two attached hydrogens (primary N) is 1. The van der Waals surface area contributed by atoms with Gasteiger partial charge in [0.1, 0.15) is 0 Å². The third-order valence-corrected chi connectivity index (χ3v) is 5.11. The monoisotopic (exact) mass is 331 g/mol. The minimum absolute atomic E-state index is 0.0630. The van der Waals surface area contributed by atoms with E-state index in [4.69, 9.17) is 10.5 Å². The number of anilines is 1. The molecule has 2 fully saturated rings. The van der Waals surface area contributed by atoms with Crippen LogP contribution < -0.4 is 11.1 Å². The molecule has 0 atom stereocenters. The number of carbonyl (C=O) groups is 2.